The van der Waals surface area contributed by atoms with E-state index in [1.165, 1.54) is 0 Å². The highest BCUT2D eigenvalue weighted by Crippen LogP contribution is 2.26. The maximum Gasteiger partial charge on any atom is 0.246 e. The minimum atomic E-state index is -0.298. The van der Waals surface area contributed by atoms with Gasteiger partial charge in [-0.1, -0.05) is 50.2 Å². The van der Waals surface area contributed by atoms with E-state index in [2.05, 4.69) is 10.2 Å². The second-order valence-corrected chi connectivity index (χ2v) is 9.53. The van der Waals surface area contributed by atoms with Crippen LogP contribution >= 0.6 is 0 Å². The number of morpholine rings is 1. The first-order valence-corrected chi connectivity index (χ1v) is 13.2. The molecule has 1 aliphatic rings. The number of nitrogens with zero attached hydrogens (tertiary/aromatic N) is 4. The van der Waals surface area contributed by atoms with Crippen molar-refractivity contribution in [3.8, 4) is 22.7 Å². The summed E-state index contributed by atoms with van der Waals surface area (Å²) in [5, 5.41) is 2.96. The molecule has 202 valence electrons. The zero-order valence-electron chi connectivity index (χ0n) is 22.4. The molecule has 0 spiro atoms. The molecule has 1 fully saturated rings. The molecule has 0 unspecified atom stereocenters. The van der Waals surface area contributed by atoms with E-state index in [1.54, 1.807) is 4.90 Å². The molecule has 2 amide bonds. The number of amides is 2. The highest BCUT2D eigenvalue weighted by Gasteiger charge is 2.23. The van der Waals surface area contributed by atoms with Crippen molar-refractivity contribution in [2.24, 2.45) is 5.92 Å². The monoisotopic (exact) mass is 519 g/mol. The topological polar surface area (TPSA) is 88.9 Å². The van der Waals surface area contributed by atoms with Crippen LogP contribution in [0.1, 0.15) is 20.8 Å². The summed E-state index contributed by atoms with van der Waals surface area (Å²) in [5.41, 5.74) is 2.47. The van der Waals surface area contributed by atoms with Crippen LogP contribution in [0.5, 0.6) is 5.75 Å². The van der Waals surface area contributed by atoms with E-state index < -0.39 is 0 Å². The standard InChI is InChI=1S/C29H37N5O4/c1-4-38-25-12-8-11-24(19-25)34-20-26(23-9-6-5-7-10-23)30-29(34)31-27(35)21-33(28(36)22(2)3)14-13-32-15-17-37-18-16-32/h5-12,19-20,22H,4,13-18,21H2,1-3H3,(H,30,31,35). The summed E-state index contributed by atoms with van der Waals surface area (Å²) in [6.07, 6.45) is 1.89. The molecule has 1 saturated heterocycles. The number of anilines is 1. The Morgan fingerprint density at radius 2 is 1.87 bits per heavy atom. The van der Waals surface area contributed by atoms with Gasteiger partial charge >= 0.3 is 0 Å². The van der Waals surface area contributed by atoms with E-state index in [0.717, 1.165) is 35.8 Å². The Bertz CT molecular complexity index is 1200. The molecule has 1 N–H and O–H groups in total. The minimum absolute atomic E-state index is 0.0477. The molecular weight excluding hydrogens is 482 g/mol. The lowest BCUT2D eigenvalue weighted by Crippen LogP contribution is -2.46. The van der Waals surface area contributed by atoms with Crippen molar-refractivity contribution in [1.82, 2.24) is 19.4 Å². The van der Waals surface area contributed by atoms with Gasteiger partial charge in [-0.15, -0.1) is 0 Å². The van der Waals surface area contributed by atoms with Gasteiger partial charge in [-0.05, 0) is 19.1 Å². The Kier molecular flexibility index (Phi) is 9.51. The third-order valence-electron chi connectivity index (χ3n) is 6.36. The molecule has 9 heteroatoms. The van der Waals surface area contributed by atoms with Crippen LogP contribution in [0, 0.1) is 5.92 Å². The normalized spacial score (nSPS) is 13.9. The molecule has 1 aliphatic heterocycles. The summed E-state index contributed by atoms with van der Waals surface area (Å²) < 4.78 is 12.9. The predicted molar refractivity (Wildman–Crippen MR) is 147 cm³/mol. The molecular formula is C29H37N5O4. The van der Waals surface area contributed by atoms with E-state index >= 15 is 0 Å². The lowest BCUT2D eigenvalue weighted by atomic mass is 10.2. The van der Waals surface area contributed by atoms with Gasteiger partial charge < -0.3 is 14.4 Å². The van der Waals surface area contributed by atoms with Crippen LogP contribution in [0.2, 0.25) is 0 Å². The number of carbonyl (C=O) groups excluding carboxylic acids is 2. The molecule has 0 saturated carbocycles. The van der Waals surface area contributed by atoms with Crippen LogP contribution in [-0.2, 0) is 14.3 Å². The molecule has 3 aromatic rings. The molecule has 1 aromatic heterocycles. The molecule has 2 heterocycles. The summed E-state index contributed by atoms with van der Waals surface area (Å²) in [5.74, 6) is 0.557. The van der Waals surface area contributed by atoms with E-state index in [9.17, 15) is 9.59 Å². The van der Waals surface area contributed by atoms with Crippen molar-refractivity contribution in [1.29, 1.82) is 0 Å². The van der Waals surface area contributed by atoms with Gasteiger partial charge in [-0.3, -0.25) is 24.4 Å². The third kappa shape index (κ3) is 7.20. The van der Waals surface area contributed by atoms with Gasteiger partial charge in [-0.25, -0.2) is 4.98 Å². The smallest absolute Gasteiger partial charge is 0.246 e. The molecule has 2 aromatic carbocycles. The van der Waals surface area contributed by atoms with Gasteiger partial charge in [0.25, 0.3) is 0 Å². The quantitative estimate of drug-likeness (QED) is 0.416. The van der Waals surface area contributed by atoms with E-state index in [4.69, 9.17) is 14.5 Å². The fourth-order valence-corrected chi connectivity index (χ4v) is 4.36. The van der Waals surface area contributed by atoms with Crippen molar-refractivity contribution in [3.05, 3.63) is 60.8 Å². The Hall–Kier alpha value is -3.69. The highest BCUT2D eigenvalue weighted by atomic mass is 16.5. The number of hydrogen-bond donors (Lipinski definition) is 1. The number of imidazole rings is 1. The number of hydrogen-bond acceptors (Lipinski definition) is 6. The lowest BCUT2D eigenvalue weighted by molar-refractivity contribution is -0.137. The lowest BCUT2D eigenvalue weighted by Gasteiger charge is -2.30. The second-order valence-electron chi connectivity index (χ2n) is 9.53. The average Bonchev–Trinajstić information content (AvgIpc) is 3.35. The summed E-state index contributed by atoms with van der Waals surface area (Å²) >= 11 is 0. The van der Waals surface area contributed by atoms with E-state index in [-0.39, 0.29) is 24.3 Å². The molecule has 0 radical (unpaired) electrons. The minimum Gasteiger partial charge on any atom is -0.494 e. The van der Waals surface area contributed by atoms with Crippen molar-refractivity contribution >= 4 is 17.8 Å². The largest absolute Gasteiger partial charge is 0.494 e. The Labute approximate surface area is 224 Å². The Morgan fingerprint density at radius 1 is 1.11 bits per heavy atom. The van der Waals surface area contributed by atoms with Crippen molar-refractivity contribution < 1.29 is 19.1 Å². The van der Waals surface area contributed by atoms with Gasteiger partial charge in [0.15, 0.2) is 0 Å². The fraction of sp³-hybridized carbons (Fsp3) is 0.414. The van der Waals surface area contributed by atoms with Gasteiger partial charge in [0.05, 0.1) is 37.7 Å². The van der Waals surface area contributed by atoms with Crippen LogP contribution < -0.4 is 10.1 Å². The molecule has 0 aliphatic carbocycles. The third-order valence-corrected chi connectivity index (χ3v) is 6.36. The summed E-state index contributed by atoms with van der Waals surface area (Å²) in [6, 6.07) is 17.4. The highest BCUT2D eigenvalue weighted by molar-refractivity contribution is 5.94. The van der Waals surface area contributed by atoms with E-state index in [1.807, 2.05) is 86.1 Å². The first-order chi connectivity index (χ1) is 18.4. The average molecular weight is 520 g/mol. The Morgan fingerprint density at radius 3 is 2.58 bits per heavy atom. The summed E-state index contributed by atoms with van der Waals surface area (Å²) in [6.45, 7) is 10.4. The molecule has 0 bridgehead atoms. The van der Waals surface area contributed by atoms with Crippen molar-refractivity contribution in [2.75, 3.05) is 57.9 Å². The summed E-state index contributed by atoms with van der Waals surface area (Å²) in [7, 11) is 0. The van der Waals surface area contributed by atoms with Crippen molar-refractivity contribution in [3.63, 3.8) is 0 Å². The van der Waals surface area contributed by atoms with Crippen molar-refractivity contribution in [2.45, 2.75) is 20.8 Å². The van der Waals surface area contributed by atoms with Crippen LogP contribution in [-0.4, -0.2) is 83.7 Å². The number of carbonyl (C=O) groups is 2. The SMILES string of the molecule is CCOc1cccc(-n2cc(-c3ccccc3)nc2NC(=O)CN(CCN2CCOCC2)C(=O)C(C)C)c1. The molecule has 38 heavy (non-hydrogen) atoms. The number of rotatable bonds is 11. The zero-order chi connectivity index (χ0) is 26.9. The first-order valence-electron chi connectivity index (χ1n) is 13.2. The zero-order valence-corrected chi connectivity index (χ0v) is 22.4. The van der Waals surface area contributed by atoms with Crippen LogP contribution in [0.15, 0.2) is 60.8 Å². The van der Waals surface area contributed by atoms with Crippen LogP contribution in [0.4, 0.5) is 5.95 Å². The Balaban J connectivity index is 1.55. The second kappa shape index (κ2) is 13.2. The molecule has 0 atom stereocenters. The van der Waals surface area contributed by atoms with Gasteiger partial charge in [0.2, 0.25) is 17.8 Å². The summed E-state index contributed by atoms with van der Waals surface area (Å²) in [4.78, 5) is 34.9. The maximum absolute atomic E-state index is 13.3. The maximum atomic E-state index is 13.3. The predicted octanol–water partition coefficient (Wildman–Crippen LogP) is 3.69. The number of nitrogens with one attached hydrogen (secondary N) is 1. The first kappa shape index (κ1) is 27.3. The fourth-order valence-electron chi connectivity index (χ4n) is 4.36. The van der Waals surface area contributed by atoms with Gasteiger partial charge in [0, 0.05) is 49.9 Å². The van der Waals surface area contributed by atoms with Gasteiger partial charge in [0.1, 0.15) is 5.75 Å². The van der Waals surface area contributed by atoms with Crippen LogP contribution in [0.25, 0.3) is 16.9 Å². The van der Waals surface area contributed by atoms with Crippen LogP contribution in [0.3, 0.4) is 0 Å². The van der Waals surface area contributed by atoms with E-state index in [0.29, 0.717) is 38.9 Å². The molecule has 9 nitrogen and oxygen atoms in total. The molecule has 4 rings (SSSR count). The van der Waals surface area contributed by atoms with Gasteiger partial charge in [-0.2, -0.15) is 0 Å². The number of benzene rings is 2. The number of aromatic nitrogens is 2. The number of ether oxygens (including phenoxy) is 2.